The predicted molar refractivity (Wildman–Crippen MR) is 147 cm³/mol. The van der Waals surface area contributed by atoms with Gasteiger partial charge < -0.3 is 19.0 Å². The summed E-state index contributed by atoms with van der Waals surface area (Å²) in [5.41, 5.74) is 0.816. The minimum absolute atomic E-state index is 0.0241. The molecule has 0 atom stereocenters. The summed E-state index contributed by atoms with van der Waals surface area (Å²) in [4.78, 5) is 38.7. The van der Waals surface area contributed by atoms with Gasteiger partial charge in [0.15, 0.2) is 11.5 Å². The molecule has 0 saturated carbocycles. The highest BCUT2D eigenvalue weighted by Crippen LogP contribution is 2.35. The van der Waals surface area contributed by atoms with Gasteiger partial charge in [-0.3, -0.25) is 19.3 Å². The summed E-state index contributed by atoms with van der Waals surface area (Å²) in [7, 11) is -1.30. The van der Waals surface area contributed by atoms with E-state index >= 15 is 0 Å². The van der Waals surface area contributed by atoms with Crippen LogP contribution in [0.25, 0.3) is 6.08 Å². The molecule has 3 amide bonds. The lowest BCUT2D eigenvalue weighted by Gasteiger charge is -2.13. The van der Waals surface area contributed by atoms with Crippen LogP contribution in [0.3, 0.4) is 0 Å². The second-order valence-corrected chi connectivity index (χ2v) is 10.9. The zero-order valence-electron chi connectivity index (χ0n) is 20.5. The summed E-state index contributed by atoms with van der Waals surface area (Å²) >= 11 is 6.73. The summed E-state index contributed by atoms with van der Waals surface area (Å²) in [6.45, 7) is -0.501. The Morgan fingerprint density at radius 1 is 0.974 bits per heavy atom. The quantitative estimate of drug-likeness (QED) is 0.277. The van der Waals surface area contributed by atoms with E-state index in [2.05, 4.69) is 5.32 Å². The van der Waals surface area contributed by atoms with Crippen molar-refractivity contribution >= 4 is 62.3 Å². The van der Waals surface area contributed by atoms with Crippen LogP contribution in [0, 0.1) is 0 Å². The third-order valence-electron chi connectivity index (χ3n) is 5.33. The molecule has 202 valence electrons. The molecule has 3 aromatic rings. The van der Waals surface area contributed by atoms with Crippen LogP contribution in [0.2, 0.25) is 5.02 Å². The van der Waals surface area contributed by atoms with E-state index in [-0.39, 0.29) is 26.3 Å². The van der Waals surface area contributed by atoms with Gasteiger partial charge in [-0.15, -0.1) is 0 Å². The van der Waals surface area contributed by atoms with Gasteiger partial charge in [0.05, 0.1) is 24.1 Å². The summed E-state index contributed by atoms with van der Waals surface area (Å²) in [6, 6.07) is 16.6. The monoisotopic (exact) mass is 588 g/mol. The molecule has 1 N–H and O–H groups in total. The first kappa shape index (κ1) is 28.0. The zero-order valence-corrected chi connectivity index (χ0v) is 22.9. The standard InChI is InChI=1S/C26H21ClN2O8S2/c1-35-20-11-9-17(14-19(20)27)28-24(30)15-29-25(31)23(38-26(29)32)13-16-8-10-21(22(12-16)36-2)37-39(33,34)18-6-4-3-5-7-18/h3-14H,15H2,1-2H3,(H,28,30)/b23-13-. The highest BCUT2D eigenvalue weighted by atomic mass is 35.5. The molecule has 1 aliphatic heterocycles. The number of halogens is 1. The minimum Gasteiger partial charge on any atom is -0.495 e. The third kappa shape index (κ3) is 6.53. The van der Waals surface area contributed by atoms with Gasteiger partial charge in [-0.25, -0.2) is 0 Å². The maximum absolute atomic E-state index is 12.9. The lowest BCUT2D eigenvalue weighted by atomic mass is 10.2. The number of nitrogens with one attached hydrogen (secondary N) is 1. The number of imide groups is 1. The van der Waals surface area contributed by atoms with E-state index in [0.29, 0.717) is 28.8 Å². The van der Waals surface area contributed by atoms with Gasteiger partial charge >= 0.3 is 10.1 Å². The Morgan fingerprint density at radius 2 is 1.67 bits per heavy atom. The van der Waals surface area contributed by atoms with Gasteiger partial charge in [-0.05, 0) is 65.9 Å². The van der Waals surface area contributed by atoms with Crippen molar-refractivity contribution in [3.05, 3.63) is 82.2 Å². The lowest BCUT2D eigenvalue weighted by Crippen LogP contribution is -2.36. The third-order valence-corrected chi connectivity index (χ3v) is 7.78. The van der Waals surface area contributed by atoms with E-state index in [9.17, 15) is 22.8 Å². The van der Waals surface area contributed by atoms with Crippen molar-refractivity contribution in [1.82, 2.24) is 4.90 Å². The molecule has 4 rings (SSSR count). The number of ether oxygens (including phenoxy) is 2. The van der Waals surface area contributed by atoms with Crippen LogP contribution < -0.4 is 19.0 Å². The van der Waals surface area contributed by atoms with Crippen LogP contribution in [0.15, 0.2) is 76.5 Å². The van der Waals surface area contributed by atoms with Crippen LogP contribution in [-0.4, -0.2) is 51.1 Å². The zero-order chi connectivity index (χ0) is 28.2. The Labute approximate surface area is 233 Å². The van der Waals surface area contributed by atoms with Gasteiger partial charge in [-0.1, -0.05) is 35.9 Å². The molecular weight excluding hydrogens is 568 g/mol. The van der Waals surface area contributed by atoms with E-state index in [0.717, 1.165) is 4.90 Å². The molecular formula is C26H21ClN2O8S2. The average Bonchev–Trinajstić information content (AvgIpc) is 3.17. The number of methoxy groups -OCH3 is 2. The van der Waals surface area contributed by atoms with Gasteiger partial charge in [0.2, 0.25) is 5.91 Å². The van der Waals surface area contributed by atoms with E-state index in [1.165, 1.54) is 56.7 Å². The first-order valence-electron chi connectivity index (χ1n) is 11.2. The molecule has 39 heavy (non-hydrogen) atoms. The molecule has 1 aliphatic rings. The number of thioether (sulfide) groups is 1. The van der Waals surface area contributed by atoms with Gasteiger partial charge in [0.25, 0.3) is 11.1 Å². The van der Waals surface area contributed by atoms with Crippen molar-refractivity contribution in [2.24, 2.45) is 0 Å². The molecule has 10 nitrogen and oxygen atoms in total. The van der Waals surface area contributed by atoms with Gasteiger partial charge in [-0.2, -0.15) is 8.42 Å². The van der Waals surface area contributed by atoms with Crippen LogP contribution in [0.4, 0.5) is 10.5 Å². The van der Waals surface area contributed by atoms with Crippen LogP contribution in [-0.2, 0) is 19.7 Å². The SMILES string of the molecule is COc1ccc(NC(=O)CN2C(=O)S/C(=C\c3ccc(OS(=O)(=O)c4ccccc4)c(OC)c3)C2=O)cc1Cl. The highest BCUT2D eigenvalue weighted by Gasteiger charge is 2.36. The maximum Gasteiger partial charge on any atom is 0.339 e. The first-order chi connectivity index (χ1) is 18.6. The van der Waals surface area contributed by atoms with Crippen molar-refractivity contribution in [1.29, 1.82) is 0 Å². The fraction of sp³-hybridized carbons (Fsp3) is 0.115. The number of hydrogen-bond donors (Lipinski definition) is 1. The first-order valence-corrected chi connectivity index (χ1v) is 13.8. The topological polar surface area (TPSA) is 128 Å². The van der Waals surface area contributed by atoms with E-state index in [4.69, 9.17) is 25.3 Å². The second kappa shape index (κ2) is 11.8. The van der Waals surface area contributed by atoms with Crippen molar-refractivity contribution in [2.75, 3.05) is 26.1 Å². The Morgan fingerprint density at radius 3 is 2.33 bits per heavy atom. The number of hydrogen-bond acceptors (Lipinski definition) is 9. The van der Waals surface area contributed by atoms with Crippen molar-refractivity contribution in [3.8, 4) is 17.2 Å². The van der Waals surface area contributed by atoms with Gasteiger partial charge in [0.1, 0.15) is 17.2 Å². The molecule has 1 fully saturated rings. The number of rotatable bonds is 9. The fourth-order valence-corrected chi connectivity index (χ4v) is 5.53. The normalized spacial score (nSPS) is 14.4. The molecule has 1 saturated heterocycles. The molecule has 3 aromatic carbocycles. The number of amides is 3. The lowest BCUT2D eigenvalue weighted by molar-refractivity contribution is -0.127. The number of carbonyl (C=O) groups is 3. The van der Waals surface area contributed by atoms with Crippen LogP contribution in [0.1, 0.15) is 5.56 Å². The van der Waals surface area contributed by atoms with Crippen molar-refractivity contribution < 1.29 is 36.5 Å². The Kier molecular flexibility index (Phi) is 8.48. The second-order valence-electron chi connectivity index (χ2n) is 7.93. The number of anilines is 1. The molecule has 0 unspecified atom stereocenters. The fourth-order valence-electron chi connectivity index (χ4n) is 3.47. The highest BCUT2D eigenvalue weighted by molar-refractivity contribution is 8.18. The summed E-state index contributed by atoms with van der Waals surface area (Å²) in [5.74, 6) is -0.775. The van der Waals surface area contributed by atoms with E-state index in [1.54, 1.807) is 30.3 Å². The number of benzene rings is 3. The molecule has 0 radical (unpaired) electrons. The molecule has 0 aliphatic carbocycles. The molecule has 0 bridgehead atoms. The van der Waals surface area contributed by atoms with Crippen LogP contribution >= 0.6 is 23.4 Å². The number of carbonyl (C=O) groups excluding carboxylic acids is 3. The molecule has 1 heterocycles. The van der Waals surface area contributed by atoms with Crippen molar-refractivity contribution in [2.45, 2.75) is 4.90 Å². The van der Waals surface area contributed by atoms with E-state index in [1.807, 2.05) is 0 Å². The predicted octanol–water partition coefficient (Wildman–Crippen LogP) is 4.80. The molecule has 13 heteroatoms. The summed E-state index contributed by atoms with van der Waals surface area (Å²) in [6.07, 6.45) is 1.43. The van der Waals surface area contributed by atoms with Crippen molar-refractivity contribution in [3.63, 3.8) is 0 Å². The van der Waals surface area contributed by atoms with E-state index < -0.39 is 33.7 Å². The smallest absolute Gasteiger partial charge is 0.339 e. The minimum atomic E-state index is -4.10. The molecule has 0 spiro atoms. The average molecular weight is 589 g/mol. The van der Waals surface area contributed by atoms with Crippen LogP contribution in [0.5, 0.6) is 17.2 Å². The maximum atomic E-state index is 12.9. The molecule has 0 aromatic heterocycles. The number of nitrogens with zero attached hydrogens (tertiary/aromatic N) is 1. The van der Waals surface area contributed by atoms with Gasteiger partial charge in [0, 0.05) is 5.69 Å². The largest absolute Gasteiger partial charge is 0.495 e. The Balaban J connectivity index is 1.46. The Hall–Kier alpha value is -4.00. The summed E-state index contributed by atoms with van der Waals surface area (Å²) < 4.78 is 40.7. The Bertz CT molecular complexity index is 1580. The summed E-state index contributed by atoms with van der Waals surface area (Å²) in [5, 5.41) is 2.26.